The van der Waals surface area contributed by atoms with E-state index in [-0.39, 0.29) is 25.4 Å². The number of likely N-dealkylation sites (N-methyl/N-ethyl adjacent to an activating group) is 1. The fourth-order valence-corrected chi connectivity index (χ4v) is 7.80. The summed E-state index contributed by atoms with van der Waals surface area (Å²) in [5.41, 5.74) is 0. The lowest BCUT2D eigenvalue weighted by atomic mass is 10.1. The number of phosphoric acid groups is 1. The number of nitrogens with one attached hydrogen (secondary N) is 1. The lowest BCUT2D eigenvalue weighted by Crippen LogP contribution is -2.47. The number of carbonyl (C=O) groups is 2. The molecule has 0 fully saturated rings. The molecule has 3 atom stereocenters. The number of phosphoric ester groups is 1. The van der Waals surface area contributed by atoms with Gasteiger partial charge in [0.25, 0.3) is 7.82 Å². The zero-order chi connectivity index (χ0) is 52.2. The highest BCUT2D eigenvalue weighted by molar-refractivity contribution is 7.45. The first-order valence-electron chi connectivity index (χ1n) is 27.8. The number of carbonyl (C=O) groups excluding carboxylic acids is 2. The SMILES string of the molecule is CC/C=C\C/C=C\C/C=C\C/C=C\C/C=C\CCCC(=O)NC(COP(=O)([O-])OCC[N+](C)(C)C)C(/C=C/CCCCCCCCCCC)OC(=O)CCC/C=C\C/C=C\C/C=C\C/C=C\CCCCC. The zero-order valence-electron chi connectivity index (χ0n) is 45.9. The van der Waals surface area contributed by atoms with Crippen molar-refractivity contribution in [2.75, 3.05) is 40.9 Å². The van der Waals surface area contributed by atoms with Gasteiger partial charge in [-0.15, -0.1) is 0 Å². The van der Waals surface area contributed by atoms with Crippen LogP contribution in [0.4, 0.5) is 0 Å². The molecule has 0 saturated carbocycles. The maximum atomic E-state index is 13.4. The van der Waals surface area contributed by atoms with Gasteiger partial charge in [-0.1, -0.05) is 200 Å². The summed E-state index contributed by atoms with van der Waals surface area (Å²) in [6.45, 7) is 6.57. The summed E-state index contributed by atoms with van der Waals surface area (Å²) < 4.78 is 30.1. The molecule has 1 amide bonds. The second-order valence-electron chi connectivity index (χ2n) is 19.3. The molecule has 1 N–H and O–H groups in total. The van der Waals surface area contributed by atoms with E-state index in [4.69, 9.17) is 13.8 Å². The van der Waals surface area contributed by atoms with Crippen molar-refractivity contribution in [1.29, 1.82) is 0 Å². The molecule has 0 rings (SSSR count). The molecule has 10 heteroatoms. The predicted molar refractivity (Wildman–Crippen MR) is 302 cm³/mol. The quantitative estimate of drug-likeness (QED) is 0.0212. The molecule has 0 aromatic carbocycles. The summed E-state index contributed by atoms with van der Waals surface area (Å²) in [5.74, 6) is -0.688. The normalized spacial score (nSPS) is 14.7. The third kappa shape index (κ3) is 51.1. The highest BCUT2D eigenvalue weighted by atomic mass is 31.2. The van der Waals surface area contributed by atoms with Gasteiger partial charge in [0.1, 0.15) is 19.3 Å². The molecule has 0 aromatic rings. The molecule has 0 bridgehead atoms. The van der Waals surface area contributed by atoms with Crippen molar-refractivity contribution in [3.8, 4) is 0 Å². The van der Waals surface area contributed by atoms with Crippen LogP contribution < -0.4 is 10.2 Å². The average Bonchev–Trinajstić information content (AvgIpc) is 3.33. The summed E-state index contributed by atoms with van der Waals surface area (Å²) in [6.07, 6.45) is 69.0. The first-order chi connectivity index (χ1) is 34.4. The van der Waals surface area contributed by atoms with E-state index in [2.05, 4.69) is 135 Å². The average molecular weight is 1010 g/mol. The van der Waals surface area contributed by atoms with Crippen molar-refractivity contribution in [3.63, 3.8) is 0 Å². The van der Waals surface area contributed by atoms with Crippen LogP contribution in [-0.2, 0) is 27.9 Å². The van der Waals surface area contributed by atoms with Crippen molar-refractivity contribution in [2.45, 2.75) is 213 Å². The van der Waals surface area contributed by atoms with Gasteiger partial charge in [-0.2, -0.15) is 0 Å². The van der Waals surface area contributed by atoms with Crippen LogP contribution in [0.25, 0.3) is 0 Å². The third-order valence-corrected chi connectivity index (χ3v) is 12.3. The van der Waals surface area contributed by atoms with Crippen molar-refractivity contribution < 1.29 is 37.3 Å². The molecule has 0 saturated heterocycles. The molecule has 404 valence electrons. The molecular weight excluding hydrogens is 904 g/mol. The smallest absolute Gasteiger partial charge is 0.306 e. The van der Waals surface area contributed by atoms with E-state index in [0.29, 0.717) is 30.3 Å². The predicted octanol–water partition coefficient (Wildman–Crippen LogP) is 16.1. The van der Waals surface area contributed by atoms with E-state index < -0.39 is 32.5 Å². The Morgan fingerprint density at radius 3 is 1.38 bits per heavy atom. The van der Waals surface area contributed by atoms with Gasteiger partial charge < -0.3 is 28.5 Å². The fraction of sp³-hybridized carbons (Fsp3) is 0.639. The second-order valence-corrected chi connectivity index (χ2v) is 20.8. The maximum Gasteiger partial charge on any atom is 0.306 e. The Kier molecular flexibility index (Phi) is 47.4. The summed E-state index contributed by atoms with van der Waals surface area (Å²) in [7, 11) is 1.10. The van der Waals surface area contributed by atoms with Crippen LogP contribution >= 0.6 is 7.82 Å². The van der Waals surface area contributed by atoms with E-state index in [1.54, 1.807) is 6.08 Å². The lowest BCUT2D eigenvalue weighted by Gasteiger charge is -2.30. The molecule has 9 nitrogen and oxygen atoms in total. The van der Waals surface area contributed by atoms with Gasteiger partial charge in [-0.25, -0.2) is 0 Å². The Morgan fingerprint density at radius 2 is 0.901 bits per heavy atom. The highest BCUT2D eigenvalue weighted by Crippen LogP contribution is 2.38. The monoisotopic (exact) mass is 1010 g/mol. The number of esters is 1. The lowest BCUT2D eigenvalue weighted by molar-refractivity contribution is -0.870. The number of hydrogen-bond acceptors (Lipinski definition) is 7. The Hall–Kier alpha value is -3.59. The highest BCUT2D eigenvalue weighted by Gasteiger charge is 2.27. The minimum Gasteiger partial charge on any atom is -0.756 e. The van der Waals surface area contributed by atoms with Gasteiger partial charge >= 0.3 is 5.97 Å². The largest absolute Gasteiger partial charge is 0.756 e. The van der Waals surface area contributed by atoms with Crippen LogP contribution in [0.1, 0.15) is 201 Å². The molecule has 71 heavy (non-hydrogen) atoms. The van der Waals surface area contributed by atoms with Crippen LogP contribution in [0.5, 0.6) is 0 Å². The Bertz CT molecular complexity index is 1630. The van der Waals surface area contributed by atoms with Crippen LogP contribution in [0.2, 0.25) is 0 Å². The number of rotatable bonds is 48. The van der Waals surface area contributed by atoms with E-state index >= 15 is 0 Å². The minimum atomic E-state index is -4.73. The Balaban J connectivity index is 5.55. The van der Waals surface area contributed by atoms with Crippen LogP contribution in [0.3, 0.4) is 0 Å². The Labute approximate surface area is 435 Å². The van der Waals surface area contributed by atoms with Crippen LogP contribution in [0, 0.1) is 0 Å². The number of unbranched alkanes of at least 4 members (excludes halogenated alkanes) is 14. The number of nitrogens with zero attached hydrogens (tertiary/aromatic N) is 1. The van der Waals surface area contributed by atoms with Crippen molar-refractivity contribution in [1.82, 2.24) is 5.32 Å². The van der Waals surface area contributed by atoms with E-state index in [9.17, 15) is 19.0 Å². The molecule has 0 aliphatic rings. The molecule has 0 aromatic heterocycles. The van der Waals surface area contributed by atoms with Gasteiger partial charge in [0.2, 0.25) is 5.91 Å². The van der Waals surface area contributed by atoms with Gasteiger partial charge in [0.15, 0.2) is 0 Å². The molecule has 0 spiro atoms. The molecule has 0 aliphatic carbocycles. The number of allylic oxidation sites excluding steroid dienone is 19. The van der Waals surface area contributed by atoms with Gasteiger partial charge in [-0.05, 0) is 109 Å². The molecule has 0 aliphatic heterocycles. The van der Waals surface area contributed by atoms with E-state index in [1.165, 1.54) is 70.6 Å². The van der Waals surface area contributed by atoms with Crippen molar-refractivity contribution in [2.24, 2.45) is 0 Å². The number of amides is 1. The van der Waals surface area contributed by atoms with Gasteiger partial charge in [-0.3, -0.25) is 14.2 Å². The van der Waals surface area contributed by atoms with E-state index in [1.807, 2.05) is 27.2 Å². The first kappa shape index (κ1) is 67.4. The molecule has 0 radical (unpaired) electrons. The number of ether oxygens (including phenoxy) is 1. The van der Waals surface area contributed by atoms with E-state index in [0.717, 1.165) is 77.0 Å². The maximum absolute atomic E-state index is 13.4. The molecule has 3 unspecified atom stereocenters. The second kappa shape index (κ2) is 50.0. The van der Waals surface area contributed by atoms with Crippen LogP contribution in [-0.4, -0.2) is 69.4 Å². The first-order valence-corrected chi connectivity index (χ1v) is 29.3. The van der Waals surface area contributed by atoms with Gasteiger partial charge in [0.05, 0.1) is 33.8 Å². The number of hydrogen-bond donors (Lipinski definition) is 1. The van der Waals surface area contributed by atoms with Crippen molar-refractivity contribution >= 4 is 19.7 Å². The van der Waals surface area contributed by atoms with Gasteiger partial charge in [0, 0.05) is 12.8 Å². The molecule has 0 heterocycles. The summed E-state index contributed by atoms with van der Waals surface area (Å²) in [6, 6.07) is -0.947. The summed E-state index contributed by atoms with van der Waals surface area (Å²) in [5, 5.41) is 2.96. The zero-order valence-corrected chi connectivity index (χ0v) is 46.8. The number of quaternary nitrogens is 1. The Morgan fingerprint density at radius 1 is 0.507 bits per heavy atom. The topological polar surface area (TPSA) is 114 Å². The van der Waals surface area contributed by atoms with Crippen LogP contribution in [0.15, 0.2) is 122 Å². The third-order valence-electron chi connectivity index (χ3n) is 11.4. The summed E-state index contributed by atoms with van der Waals surface area (Å²) >= 11 is 0. The molecular formula is C61H103N2O7P. The van der Waals surface area contributed by atoms with Crippen molar-refractivity contribution in [3.05, 3.63) is 122 Å². The fourth-order valence-electron chi connectivity index (χ4n) is 7.08. The summed E-state index contributed by atoms with van der Waals surface area (Å²) in [4.78, 5) is 39.8. The standard InChI is InChI=1S/C61H103N2O7P/c1-7-10-13-16-19-22-25-27-29-31-33-35-38-41-44-47-50-53-60(64)62-58(57-69-71(66,67)68-56-55-63(4,5)6)59(52-49-46-43-40-37-24-21-18-15-12-9-3)70-61(65)54-51-48-45-42-39-36-34-32-30-28-26-23-20-17-14-11-8-2/h10,13,19-20,22-23,27-30,33-36,41-42,44-45,49,52,58-59H,7-9,11-12,14-18,21,24-26,31-32,37-40,43,46-48,50-51,53-57H2,1-6H3,(H-,62,64,66,67)/b13-10-,22-19-,23-20-,29-27-,30-28-,35-33-,36-34-,44-41-,45-42-,52-49+. The minimum absolute atomic E-state index is 0.0480.